The smallest absolute Gasteiger partial charge is 0.123 e. The first kappa shape index (κ1) is 13.1. The van der Waals surface area contributed by atoms with Crippen molar-refractivity contribution in [1.82, 2.24) is 0 Å². The fraction of sp³-hybridized carbons (Fsp3) is 0.200. The van der Waals surface area contributed by atoms with Gasteiger partial charge in [-0.3, -0.25) is 4.21 Å². The van der Waals surface area contributed by atoms with Crippen molar-refractivity contribution in [2.45, 2.75) is 17.4 Å². The van der Waals surface area contributed by atoms with Crippen LogP contribution in [0.25, 0.3) is 0 Å². The predicted octanol–water partition coefficient (Wildman–Crippen LogP) is 2.52. The van der Waals surface area contributed by atoms with E-state index in [0.717, 1.165) is 5.56 Å². The van der Waals surface area contributed by atoms with Gasteiger partial charge in [-0.2, -0.15) is 0 Å². The van der Waals surface area contributed by atoms with Gasteiger partial charge in [0.2, 0.25) is 0 Å². The van der Waals surface area contributed by atoms with Crippen LogP contribution in [0.5, 0.6) is 5.75 Å². The summed E-state index contributed by atoms with van der Waals surface area (Å²) >= 11 is 0. The molecule has 0 aliphatic carbocycles. The summed E-state index contributed by atoms with van der Waals surface area (Å²) in [7, 11) is -1.18. The van der Waals surface area contributed by atoms with Gasteiger partial charge in [-0.15, -0.1) is 0 Å². The Hall–Kier alpha value is -1.88. The van der Waals surface area contributed by atoms with Crippen LogP contribution in [0.2, 0.25) is 0 Å². The van der Waals surface area contributed by atoms with Crippen LogP contribution in [0.3, 0.4) is 0 Å². The van der Waals surface area contributed by atoms with Crippen molar-refractivity contribution in [3.63, 3.8) is 0 Å². The average molecular weight is 291 g/mol. The topological polar surface area (TPSA) is 52.3 Å². The van der Waals surface area contributed by atoms with Gasteiger partial charge in [0.05, 0.1) is 16.6 Å². The molecule has 2 unspecified atom stereocenters. The van der Waals surface area contributed by atoms with Crippen LogP contribution in [0, 0.1) is 5.82 Å². The first-order chi connectivity index (χ1) is 9.61. The van der Waals surface area contributed by atoms with Gasteiger partial charge in [-0.1, -0.05) is 6.07 Å². The minimum Gasteiger partial charge on any atom is -0.489 e. The Kier molecular flexibility index (Phi) is 3.44. The van der Waals surface area contributed by atoms with Crippen molar-refractivity contribution in [2.75, 3.05) is 11.5 Å². The molecule has 0 fully saturated rings. The Bertz CT molecular complexity index is 675. The molecule has 2 aromatic rings. The minimum absolute atomic E-state index is 0.186. The Morgan fingerprint density at radius 2 is 2.15 bits per heavy atom. The number of ether oxygens (including phenoxy) is 1. The molecule has 0 saturated carbocycles. The number of hydrogen-bond acceptors (Lipinski definition) is 3. The Balaban J connectivity index is 1.70. The summed E-state index contributed by atoms with van der Waals surface area (Å²) in [5.74, 6) is 0.783. The highest BCUT2D eigenvalue weighted by atomic mass is 32.2. The van der Waals surface area contributed by atoms with Crippen LogP contribution >= 0.6 is 0 Å². The monoisotopic (exact) mass is 291 g/mol. The van der Waals surface area contributed by atoms with E-state index in [1.165, 1.54) is 12.1 Å². The third-order valence-electron chi connectivity index (χ3n) is 3.22. The maximum Gasteiger partial charge on any atom is 0.123 e. The maximum absolute atomic E-state index is 13.1. The molecule has 0 spiro atoms. The zero-order valence-corrected chi connectivity index (χ0v) is 11.5. The van der Waals surface area contributed by atoms with E-state index in [1.807, 2.05) is 0 Å². The summed E-state index contributed by atoms with van der Waals surface area (Å²) in [5, 5.41) is 0. The zero-order chi connectivity index (χ0) is 14.1. The van der Waals surface area contributed by atoms with Crippen LogP contribution in [0.1, 0.15) is 5.56 Å². The summed E-state index contributed by atoms with van der Waals surface area (Å²) in [6.45, 7) is 0. The molecule has 0 saturated heterocycles. The molecule has 20 heavy (non-hydrogen) atoms. The molecule has 2 N–H and O–H groups in total. The molecule has 3 nitrogen and oxygen atoms in total. The molecule has 1 aliphatic heterocycles. The Labute approximate surface area is 119 Å². The molecule has 2 aromatic carbocycles. The number of anilines is 1. The normalized spacial score (nSPS) is 18.4. The van der Waals surface area contributed by atoms with Crippen LogP contribution < -0.4 is 10.5 Å². The molecule has 104 valence electrons. The molecule has 1 aliphatic rings. The van der Waals surface area contributed by atoms with Gasteiger partial charge < -0.3 is 10.5 Å². The van der Waals surface area contributed by atoms with Crippen molar-refractivity contribution in [2.24, 2.45) is 0 Å². The van der Waals surface area contributed by atoms with E-state index in [4.69, 9.17) is 10.5 Å². The van der Waals surface area contributed by atoms with E-state index in [0.29, 0.717) is 28.5 Å². The van der Waals surface area contributed by atoms with Crippen molar-refractivity contribution >= 4 is 16.5 Å². The minimum atomic E-state index is -1.18. The largest absolute Gasteiger partial charge is 0.489 e. The number of halogens is 1. The maximum atomic E-state index is 13.1. The molecule has 1 heterocycles. The predicted molar refractivity (Wildman–Crippen MR) is 76.6 cm³/mol. The van der Waals surface area contributed by atoms with E-state index in [2.05, 4.69) is 0 Å². The number of nitrogens with two attached hydrogens (primary N) is 1. The van der Waals surface area contributed by atoms with Crippen LogP contribution in [0.15, 0.2) is 47.4 Å². The van der Waals surface area contributed by atoms with Crippen molar-refractivity contribution in [3.05, 3.63) is 53.8 Å². The highest BCUT2D eigenvalue weighted by Gasteiger charge is 2.25. The van der Waals surface area contributed by atoms with Gasteiger partial charge in [0.1, 0.15) is 17.7 Å². The number of hydrogen-bond donors (Lipinski definition) is 1. The summed E-state index contributed by atoms with van der Waals surface area (Å²) in [6.07, 6.45) is 0.398. The summed E-state index contributed by atoms with van der Waals surface area (Å²) < 4.78 is 31.1. The van der Waals surface area contributed by atoms with Gasteiger partial charge in [-0.25, -0.2) is 4.39 Å². The number of nitrogen functional groups attached to an aromatic ring is 1. The van der Waals surface area contributed by atoms with Crippen molar-refractivity contribution in [1.29, 1.82) is 0 Å². The number of fused-ring (bicyclic) bond motifs is 1. The fourth-order valence-electron chi connectivity index (χ4n) is 2.30. The van der Waals surface area contributed by atoms with Gasteiger partial charge in [0, 0.05) is 22.6 Å². The number of benzene rings is 2. The van der Waals surface area contributed by atoms with E-state index in [1.54, 1.807) is 30.3 Å². The Morgan fingerprint density at radius 3 is 2.95 bits per heavy atom. The molecule has 5 heteroatoms. The van der Waals surface area contributed by atoms with Crippen LogP contribution in [-0.2, 0) is 17.2 Å². The second-order valence-corrected chi connectivity index (χ2v) is 6.28. The molecule has 2 atom stereocenters. The van der Waals surface area contributed by atoms with Gasteiger partial charge in [-0.05, 0) is 36.4 Å². The molecule has 0 aromatic heterocycles. The zero-order valence-electron chi connectivity index (χ0n) is 10.7. The highest BCUT2D eigenvalue weighted by molar-refractivity contribution is 7.85. The van der Waals surface area contributed by atoms with E-state index in [-0.39, 0.29) is 11.9 Å². The van der Waals surface area contributed by atoms with E-state index in [9.17, 15) is 8.60 Å². The van der Waals surface area contributed by atoms with Crippen molar-refractivity contribution < 1.29 is 13.3 Å². The SMILES string of the molecule is Nc1cccc(S(=O)CC2Cc3cc(F)ccc3O2)c1. The second-order valence-electron chi connectivity index (χ2n) is 4.78. The van der Waals surface area contributed by atoms with E-state index < -0.39 is 10.8 Å². The van der Waals surface area contributed by atoms with E-state index >= 15 is 0 Å². The fourth-order valence-corrected chi connectivity index (χ4v) is 3.52. The third kappa shape index (κ3) is 2.67. The quantitative estimate of drug-likeness (QED) is 0.884. The van der Waals surface area contributed by atoms with Crippen molar-refractivity contribution in [3.8, 4) is 5.75 Å². The highest BCUT2D eigenvalue weighted by Crippen LogP contribution is 2.30. The lowest BCUT2D eigenvalue weighted by molar-refractivity contribution is 0.258. The molecule has 0 bridgehead atoms. The second kappa shape index (κ2) is 5.25. The summed E-state index contributed by atoms with van der Waals surface area (Å²) in [4.78, 5) is 0.690. The van der Waals surface area contributed by atoms with Gasteiger partial charge in [0.15, 0.2) is 0 Å². The first-order valence-corrected chi connectivity index (χ1v) is 7.63. The lowest BCUT2D eigenvalue weighted by Gasteiger charge is -2.10. The summed E-state index contributed by atoms with van der Waals surface area (Å²) in [6, 6.07) is 11.5. The van der Waals surface area contributed by atoms with Gasteiger partial charge in [0.25, 0.3) is 0 Å². The lowest BCUT2D eigenvalue weighted by atomic mass is 10.1. The average Bonchev–Trinajstić information content (AvgIpc) is 2.80. The molecule has 0 amide bonds. The third-order valence-corrected chi connectivity index (χ3v) is 4.68. The standard InChI is InChI=1S/C15H14FNO2S/c16-11-4-5-15-10(6-11)7-13(19-15)9-20(18)14-3-1-2-12(17)8-14/h1-6,8,13H,7,9,17H2. The number of rotatable bonds is 3. The summed E-state index contributed by atoms with van der Waals surface area (Å²) in [5.41, 5.74) is 7.11. The molecule has 0 radical (unpaired) electrons. The molecular formula is C15H14FNO2S. The molecule has 3 rings (SSSR count). The first-order valence-electron chi connectivity index (χ1n) is 6.31. The van der Waals surface area contributed by atoms with Crippen LogP contribution in [-0.4, -0.2) is 16.1 Å². The lowest BCUT2D eigenvalue weighted by Crippen LogP contribution is -2.21. The van der Waals surface area contributed by atoms with Gasteiger partial charge >= 0.3 is 0 Å². The Morgan fingerprint density at radius 1 is 1.30 bits per heavy atom. The van der Waals surface area contributed by atoms with Crippen LogP contribution in [0.4, 0.5) is 10.1 Å². The molecular weight excluding hydrogens is 277 g/mol.